The number of rotatable bonds is 4. The van der Waals surface area contributed by atoms with Crippen LogP contribution in [0.4, 0.5) is 0 Å². The summed E-state index contributed by atoms with van der Waals surface area (Å²) in [6.07, 6.45) is 1.82. The van der Waals surface area contributed by atoms with Crippen LogP contribution in [0, 0.1) is 0 Å². The molecule has 1 heterocycles. The molecule has 0 fully saturated rings. The first-order valence-electron chi connectivity index (χ1n) is 5.01. The van der Waals surface area contributed by atoms with Gasteiger partial charge in [-0.1, -0.05) is 0 Å². The molecule has 0 aliphatic carbocycles. The van der Waals surface area contributed by atoms with Gasteiger partial charge in [-0.05, 0) is 25.5 Å². The zero-order valence-electron chi connectivity index (χ0n) is 8.79. The van der Waals surface area contributed by atoms with Crippen molar-refractivity contribution >= 4 is 0 Å². The molecule has 82 valence electrons. The lowest BCUT2D eigenvalue weighted by molar-refractivity contribution is 0.173. The molecule has 0 aromatic heterocycles. The van der Waals surface area contributed by atoms with Crippen molar-refractivity contribution in [1.82, 2.24) is 0 Å². The van der Waals surface area contributed by atoms with Crippen molar-refractivity contribution in [3.05, 3.63) is 17.7 Å². The summed E-state index contributed by atoms with van der Waals surface area (Å²) >= 11 is 0. The molecule has 4 heteroatoms. The second-order valence-electron chi connectivity index (χ2n) is 3.41. The second-order valence-corrected chi connectivity index (χ2v) is 3.41. The van der Waals surface area contributed by atoms with E-state index in [0.29, 0.717) is 6.54 Å². The molecule has 1 aliphatic rings. The van der Waals surface area contributed by atoms with Gasteiger partial charge < -0.3 is 19.9 Å². The fourth-order valence-corrected chi connectivity index (χ4v) is 1.65. The van der Waals surface area contributed by atoms with Crippen molar-refractivity contribution in [3.63, 3.8) is 0 Å². The first kappa shape index (κ1) is 10.1. The second kappa shape index (κ2) is 4.40. The summed E-state index contributed by atoms with van der Waals surface area (Å²) in [6.45, 7) is 0.963. The number of methoxy groups -OCH3 is 1. The normalized spacial score (nSPS) is 12.9. The summed E-state index contributed by atoms with van der Waals surface area (Å²) in [4.78, 5) is 0. The van der Waals surface area contributed by atoms with E-state index in [4.69, 9.17) is 19.9 Å². The Kier molecular flexibility index (Phi) is 2.97. The number of fused-ring (bicyclic) bond motifs is 1. The van der Waals surface area contributed by atoms with Crippen molar-refractivity contribution in [3.8, 4) is 17.2 Å². The van der Waals surface area contributed by atoms with Gasteiger partial charge in [-0.25, -0.2) is 0 Å². The highest BCUT2D eigenvalue weighted by molar-refractivity contribution is 5.53. The largest absolute Gasteiger partial charge is 0.497 e. The minimum atomic E-state index is 0.290. The first-order valence-corrected chi connectivity index (χ1v) is 5.01. The van der Waals surface area contributed by atoms with Crippen LogP contribution < -0.4 is 19.9 Å². The maximum absolute atomic E-state index is 5.49. The van der Waals surface area contributed by atoms with E-state index in [9.17, 15) is 0 Å². The minimum Gasteiger partial charge on any atom is -0.497 e. The van der Waals surface area contributed by atoms with Gasteiger partial charge in [0.2, 0.25) is 6.79 Å². The van der Waals surface area contributed by atoms with Crippen LogP contribution in [-0.4, -0.2) is 20.4 Å². The maximum Gasteiger partial charge on any atom is 0.231 e. The third-order valence-corrected chi connectivity index (χ3v) is 2.41. The van der Waals surface area contributed by atoms with Crippen molar-refractivity contribution < 1.29 is 14.2 Å². The SMILES string of the molecule is COc1cc(CCCN)c2c(c1)OCO2. The molecule has 0 spiro atoms. The Morgan fingerprint density at radius 2 is 2.27 bits per heavy atom. The van der Waals surface area contributed by atoms with Gasteiger partial charge in [0.25, 0.3) is 0 Å². The van der Waals surface area contributed by atoms with Crippen molar-refractivity contribution in [2.45, 2.75) is 12.8 Å². The molecular formula is C11H15NO3. The van der Waals surface area contributed by atoms with Gasteiger partial charge in [0, 0.05) is 11.6 Å². The average Bonchev–Trinajstić information content (AvgIpc) is 2.73. The molecule has 0 radical (unpaired) electrons. The Balaban J connectivity index is 2.30. The van der Waals surface area contributed by atoms with E-state index < -0.39 is 0 Å². The lowest BCUT2D eigenvalue weighted by atomic mass is 10.1. The molecule has 1 aromatic carbocycles. The lowest BCUT2D eigenvalue weighted by Crippen LogP contribution is -2.01. The summed E-state index contributed by atoms with van der Waals surface area (Å²) < 4.78 is 15.9. The summed E-state index contributed by atoms with van der Waals surface area (Å²) in [7, 11) is 1.64. The van der Waals surface area contributed by atoms with Gasteiger partial charge in [-0.15, -0.1) is 0 Å². The zero-order chi connectivity index (χ0) is 10.7. The van der Waals surface area contributed by atoms with E-state index in [1.165, 1.54) is 0 Å². The maximum atomic E-state index is 5.49. The molecule has 0 saturated carbocycles. The van der Waals surface area contributed by atoms with Gasteiger partial charge in [0.15, 0.2) is 11.5 Å². The van der Waals surface area contributed by atoms with Crippen molar-refractivity contribution in [1.29, 1.82) is 0 Å². The highest BCUT2D eigenvalue weighted by Gasteiger charge is 2.19. The highest BCUT2D eigenvalue weighted by Crippen LogP contribution is 2.39. The topological polar surface area (TPSA) is 53.7 Å². The van der Waals surface area contributed by atoms with Crippen LogP contribution in [-0.2, 0) is 6.42 Å². The van der Waals surface area contributed by atoms with Crippen LogP contribution in [0.5, 0.6) is 17.2 Å². The van der Waals surface area contributed by atoms with Crippen LogP contribution in [0.2, 0.25) is 0 Å². The molecule has 0 amide bonds. The van der Waals surface area contributed by atoms with Crippen LogP contribution in [0.25, 0.3) is 0 Å². The van der Waals surface area contributed by atoms with E-state index in [0.717, 1.165) is 35.7 Å². The van der Waals surface area contributed by atoms with Gasteiger partial charge in [-0.3, -0.25) is 0 Å². The third-order valence-electron chi connectivity index (χ3n) is 2.41. The fourth-order valence-electron chi connectivity index (χ4n) is 1.65. The van der Waals surface area contributed by atoms with E-state index in [1.807, 2.05) is 12.1 Å². The van der Waals surface area contributed by atoms with E-state index in [-0.39, 0.29) is 6.79 Å². The predicted molar refractivity (Wildman–Crippen MR) is 56.5 cm³/mol. The monoisotopic (exact) mass is 209 g/mol. The van der Waals surface area contributed by atoms with E-state index >= 15 is 0 Å². The summed E-state index contributed by atoms with van der Waals surface area (Å²) in [6, 6.07) is 3.82. The van der Waals surface area contributed by atoms with Gasteiger partial charge in [0.1, 0.15) is 5.75 Å². The Labute approximate surface area is 88.9 Å². The Bertz CT molecular complexity index is 352. The van der Waals surface area contributed by atoms with E-state index in [2.05, 4.69) is 0 Å². The van der Waals surface area contributed by atoms with Crippen LogP contribution in [0.15, 0.2) is 12.1 Å². The van der Waals surface area contributed by atoms with Gasteiger partial charge in [0.05, 0.1) is 7.11 Å². The molecule has 15 heavy (non-hydrogen) atoms. The summed E-state index contributed by atoms with van der Waals surface area (Å²) in [5.74, 6) is 2.40. The first-order chi connectivity index (χ1) is 7.35. The quantitative estimate of drug-likeness (QED) is 0.812. The molecule has 0 bridgehead atoms. The highest BCUT2D eigenvalue weighted by atomic mass is 16.7. The molecule has 2 rings (SSSR count). The molecule has 0 saturated heterocycles. The van der Waals surface area contributed by atoms with Gasteiger partial charge in [-0.2, -0.15) is 0 Å². The van der Waals surface area contributed by atoms with Crippen LogP contribution in [0.1, 0.15) is 12.0 Å². The summed E-state index contributed by atoms with van der Waals surface area (Å²) in [5, 5.41) is 0. The number of hydrogen-bond donors (Lipinski definition) is 1. The molecule has 0 unspecified atom stereocenters. The molecule has 1 aliphatic heterocycles. The number of aryl methyl sites for hydroxylation is 1. The molecule has 0 atom stereocenters. The predicted octanol–water partition coefficient (Wildman–Crippen LogP) is 1.32. The molecule has 4 nitrogen and oxygen atoms in total. The molecular weight excluding hydrogens is 194 g/mol. The minimum absolute atomic E-state index is 0.290. The van der Waals surface area contributed by atoms with Crippen LogP contribution >= 0.6 is 0 Å². The smallest absolute Gasteiger partial charge is 0.231 e. The van der Waals surface area contributed by atoms with Crippen molar-refractivity contribution in [2.24, 2.45) is 5.73 Å². The molecule has 2 N–H and O–H groups in total. The average molecular weight is 209 g/mol. The number of hydrogen-bond acceptors (Lipinski definition) is 4. The van der Waals surface area contributed by atoms with Crippen LogP contribution in [0.3, 0.4) is 0 Å². The zero-order valence-corrected chi connectivity index (χ0v) is 8.79. The number of ether oxygens (including phenoxy) is 3. The third kappa shape index (κ3) is 1.99. The number of nitrogens with two attached hydrogens (primary N) is 1. The van der Waals surface area contributed by atoms with Crippen molar-refractivity contribution in [2.75, 3.05) is 20.4 Å². The standard InChI is InChI=1S/C11H15NO3/c1-13-9-5-8(3-2-4-12)11-10(6-9)14-7-15-11/h5-6H,2-4,7,12H2,1H3. The summed E-state index contributed by atoms with van der Waals surface area (Å²) in [5.41, 5.74) is 6.59. The lowest BCUT2D eigenvalue weighted by Gasteiger charge is -2.07. The number of benzene rings is 1. The van der Waals surface area contributed by atoms with E-state index in [1.54, 1.807) is 7.11 Å². The Hall–Kier alpha value is -1.42. The Morgan fingerprint density at radius 3 is 3.00 bits per heavy atom. The van der Waals surface area contributed by atoms with Gasteiger partial charge >= 0.3 is 0 Å². The Morgan fingerprint density at radius 1 is 1.40 bits per heavy atom. The fraction of sp³-hybridized carbons (Fsp3) is 0.455. The molecule has 1 aromatic rings.